The van der Waals surface area contributed by atoms with Crippen LogP contribution in [-0.2, 0) is 11.3 Å². The Kier molecular flexibility index (Phi) is 4.97. The Hall–Kier alpha value is -2.90. The maximum absolute atomic E-state index is 12.1. The minimum Gasteiger partial charge on any atom is -0.345 e. The second-order valence-corrected chi connectivity index (χ2v) is 6.03. The van der Waals surface area contributed by atoms with E-state index < -0.39 is 0 Å². The summed E-state index contributed by atoms with van der Waals surface area (Å²) in [5.74, 6) is -0.271. The predicted molar refractivity (Wildman–Crippen MR) is 89.3 cm³/mol. The molecule has 1 fully saturated rings. The van der Waals surface area contributed by atoms with Crippen LogP contribution in [0, 0.1) is 6.92 Å². The molecule has 3 rings (SSSR count). The normalized spacial score (nSPS) is 16.7. The lowest BCUT2D eigenvalue weighted by Gasteiger charge is -2.22. The molecule has 0 radical (unpaired) electrons. The minimum atomic E-state index is -0.314. The van der Waals surface area contributed by atoms with Gasteiger partial charge < -0.3 is 10.2 Å². The Morgan fingerprint density at radius 1 is 1.24 bits per heavy atom. The largest absolute Gasteiger partial charge is 0.345 e. The van der Waals surface area contributed by atoms with E-state index in [9.17, 15) is 9.59 Å². The highest BCUT2D eigenvalue weighted by atomic mass is 16.2. The molecule has 1 unspecified atom stereocenters. The van der Waals surface area contributed by atoms with E-state index in [1.165, 1.54) is 6.20 Å². The molecule has 8 nitrogen and oxygen atoms in total. The number of rotatable bonds is 4. The van der Waals surface area contributed by atoms with E-state index >= 15 is 0 Å². The molecule has 0 bridgehead atoms. The van der Waals surface area contributed by atoms with Crippen LogP contribution in [0.25, 0.3) is 0 Å². The molecular formula is C17H20N6O2. The first-order valence-electron chi connectivity index (χ1n) is 8.19. The minimum absolute atomic E-state index is 0.0383. The van der Waals surface area contributed by atoms with Gasteiger partial charge in [-0.2, -0.15) is 0 Å². The van der Waals surface area contributed by atoms with Crippen molar-refractivity contribution in [2.24, 2.45) is 0 Å². The quantitative estimate of drug-likeness (QED) is 0.897. The van der Waals surface area contributed by atoms with Crippen molar-refractivity contribution in [1.82, 2.24) is 30.2 Å². The summed E-state index contributed by atoms with van der Waals surface area (Å²) in [6.45, 7) is 4.36. The molecule has 0 aliphatic carbocycles. The first-order chi connectivity index (χ1) is 12.0. The number of carbonyl (C=O) groups excluding carboxylic acids is 2. The second-order valence-electron chi connectivity index (χ2n) is 6.03. The maximum atomic E-state index is 12.1. The van der Waals surface area contributed by atoms with Gasteiger partial charge in [-0.15, -0.1) is 0 Å². The van der Waals surface area contributed by atoms with Crippen LogP contribution in [0.5, 0.6) is 0 Å². The van der Waals surface area contributed by atoms with E-state index in [1.54, 1.807) is 25.5 Å². The van der Waals surface area contributed by atoms with Gasteiger partial charge in [0.2, 0.25) is 5.91 Å². The molecule has 2 aromatic heterocycles. The van der Waals surface area contributed by atoms with E-state index in [0.29, 0.717) is 5.69 Å². The Morgan fingerprint density at radius 3 is 2.80 bits per heavy atom. The zero-order valence-corrected chi connectivity index (χ0v) is 14.3. The number of likely N-dealkylation sites (tertiary alicyclic amines) is 1. The SMILES string of the molecule is CC(=O)N1CCCC1c1cncc(CNC(=O)c2cnc(C)cn2)n1. The summed E-state index contributed by atoms with van der Waals surface area (Å²) in [6, 6.07) is -0.0383. The number of amides is 2. The number of carbonyl (C=O) groups is 2. The average Bonchev–Trinajstić information content (AvgIpc) is 3.11. The highest BCUT2D eigenvalue weighted by Crippen LogP contribution is 2.30. The number of nitrogens with one attached hydrogen (secondary N) is 1. The summed E-state index contributed by atoms with van der Waals surface area (Å²) in [7, 11) is 0. The number of nitrogens with zero attached hydrogens (tertiary/aromatic N) is 5. The first-order valence-corrected chi connectivity index (χ1v) is 8.19. The molecule has 0 spiro atoms. The standard InChI is InChI=1S/C17H20N6O2/c1-11-6-20-15(10-19-11)17(25)21-8-13-7-18-9-14(22-13)16-4-3-5-23(16)12(2)24/h6-7,9-10,16H,3-5,8H2,1-2H3,(H,21,25). The zero-order valence-electron chi connectivity index (χ0n) is 14.3. The fraction of sp³-hybridized carbons (Fsp3) is 0.412. The predicted octanol–water partition coefficient (Wildman–Crippen LogP) is 1.19. The van der Waals surface area contributed by atoms with E-state index in [2.05, 4.69) is 25.3 Å². The van der Waals surface area contributed by atoms with Crippen LogP contribution in [0.1, 0.15) is 53.4 Å². The van der Waals surface area contributed by atoms with Crippen molar-refractivity contribution in [3.63, 3.8) is 0 Å². The Morgan fingerprint density at radius 2 is 2.08 bits per heavy atom. The van der Waals surface area contributed by atoms with Crippen LogP contribution in [-0.4, -0.2) is 43.2 Å². The van der Waals surface area contributed by atoms with Crippen molar-refractivity contribution in [2.75, 3.05) is 6.54 Å². The summed E-state index contributed by atoms with van der Waals surface area (Å²) in [6.07, 6.45) is 8.12. The summed E-state index contributed by atoms with van der Waals surface area (Å²) >= 11 is 0. The highest BCUT2D eigenvalue weighted by molar-refractivity contribution is 5.91. The fourth-order valence-electron chi connectivity index (χ4n) is 2.89. The second kappa shape index (κ2) is 7.33. The van der Waals surface area contributed by atoms with Gasteiger partial charge in [-0.1, -0.05) is 0 Å². The van der Waals surface area contributed by atoms with Crippen LogP contribution in [0.3, 0.4) is 0 Å². The molecule has 130 valence electrons. The topological polar surface area (TPSA) is 101 Å². The molecule has 2 amide bonds. The molecule has 0 saturated carbocycles. The van der Waals surface area contributed by atoms with Gasteiger partial charge in [0.1, 0.15) is 5.69 Å². The summed E-state index contributed by atoms with van der Waals surface area (Å²) in [5.41, 5.74) is 2.41. The van der Waals surface area contributed by atoms with Crippen LogP contribution in [0.4, 0.5) is 0 Å². The van der Waals surface area contributed by atoms with Gasteiger partial charge in [-0.05, 0) is 19.8 Å². The number of hydrogen-bond donors (Lipinski definition) is 1. The van der Waals surface area contributed by atoms with Gasteiger partial charge in [0, 0.05) is 19.7 Å². The number of hydrogen-bond acceptors (Lipinski definition) is 6. The third kappa shape index (κ3) is 3.96. The van der Waals surface area contributed by atoms with Gasteiger partial charge >= 0.3 is 0 Å². The molecule has 1 saturated heterocycles. The van der Waals surface area contributed by atoms with Crippen molar-refractivity contribution >= 4 is 11.8 Å². The lowest BCUT2D eigenvalue weighted by molar-refractivity contribution is -0.129. The number of aryl methyl sites for hydroxylation is 1. The smallest absolute Gasteiger partial charge is 0.271 e. The van der Waals surface area contributed by atoms with E-state index in [-0.39, 0.29) is 30.1 Å². The van der Waals surface area contributed by atoms with Gasteiger partial charge in [-0.3, -0.25) is 24.5 Å². The Labute approximate surface area is 145 Å². The molecule has 1 N–H and O–H groups in total. The molecule has 1 aliphatic rings. The van der Waals surface area contributed by atoms with Crippen molar-refractivity contribution in [1.29, 1.82) is 0 Å². The highest BCUT2D eigenvalue weighted by Gasteiger charge is 2.29. The maximum Gasteiger partial charge on any atom is 0.271 e. The summed E-state index contributed by atoms with van der Waals surface area (Å²) in [4.78, 5) is 42.5. The van der Waals surface area contributed by atoms with Gasteiger partial charge in [0.15, 0.2) is 0 Å². The van der Waals surface area contributed by atoms with Gasteiger partial charge in [-0.25, -0.2) is 4.98 Å². The van der Waals surface area contributed by atoms with Crippen LogP contribution in [0.15, 0.2) is 24.8 Å². The van der Waals surface area contributed by atoms with Crippen LogP contribution < -0.4 is 5.32 Å². The van der Waals surface area contributed by atoms with Gasteiger partial charge in [0.25, 0.3) is 5.91 Å². The van der Waals surface area contributed by atoms with Gasteiger partial charge in [0.05, 0.1) is 48.3 Å². The molecule has 0 aromatic carbocycles. The fourth-order valence-corrected chi connectivity index (χ4v) is 2.89. The Bertz CT molecular complexity index is 777. The summed E-state index contributed by atoms with van der Waals surface area (Å²) in [5, 5.41) is 2.76. The van der Waals surface area contributed by atoms with Crippen molar-refractivity contribution < 1.29 is 9.59 Å². The third-order valence-electron chi connectivity index (χ3n) is 4.15. The van der Waals surface area contributed by atoms with Crippen molar-refractivity contribution in [3.8, 4) is 0 Å². The van der Waals surface area contributed by atoms with Crippen molar-refractivity contribution in [2.45, 2.75) is 39.3 Å². The zero-order chi connectivity index (χ0) is 17.8. The third-order valence-corrected chi connectivity index (χ3v) is 4.15. The molecule has 8 heteroatoms. The summed E-state index contributed by atoms with van der Waals surface area (Å²) < 4.78 is 0. The van der Waals surface area contributed by atoms with Crippen LogP contribution >= 0.6 is 0 Å². The Balaban J connectivity index is 1.66. The lowest BCUT2D eigenvalue weighted by Crippen LogP contribution is -2.29. The number of aromatic nitrogens is 4. The van der Waals surface area contributed by atoms with E-state index in [0.717, 1.165) is 30.8 Å². The average molecular weight is 340 g/mol. The monoisotopic (exact) mass is 340 g/mol. The molecule has 25 heavy (non-hydrogen) atoms. The van der Waals surface area contributed by atoms with Crippen LogP contribution in [0.2, 0.25) is 0 Å². The first kappa shape index (κ1) is 16.9. The molecule has 1 aliphatic heterocycles. The van der Waals surface area contributed by atoms with Crippen molar-refractivity contribution in [3.05, 3.63) is 47.6 Å². The molecule has 3 heterocycles. The molecular weight excluding hydrogens is 320 g/mol. The molecule has 1 atom stereocenters. The lowest BCUT2D eigenvalue weighted by atomic mass is 10.1. The molecule has 2 aromatic rings. The van der Waals surface area contributed by atoms with E-state index in [4.69, 9.17) is 0 Å². The van der Waals surface area contributed by atoms with E-state index in [1.807, 2.05) is 11.8 Å².